The highest BCUT2D eigenvalue weighted by Gasteiger charge is 2.15. The Kier molecular flexibility index (Phi) is 3.12. The number of anilines is 1. The second kappa shape index (κ2) is 4.94. The molecule has 3 aromatic rings. The van der Waals surface area contributed by atoms with E-state index in [0.717, 1.165) is 5.39 Å². The largest absolute Gasteiger partial charge is 0.398 e. The van der Waals surface area contributed by atoms with Crippen molar-refractivity contribution in [2.24, 2.45) is 0 Å². The van der Waals surface area contributed by atoms with E-state index in [2.05, 4.69) is 4.98 Å². The summed E-state index contributed by atoms with van der Waals surface area (Å²) in [7, 11) is 0. The number of nitrogen functional groups attached to an aromatic ring is 1. The molecule has 0 saturated carbocycles. The van der Waals surface area contributed by atoms with Gasteiger partial charge in [-0.1, -0.05) is 29.8 Å². The van der Waals surface area contributed by atoms with Crippen molar-refractivity contribution in [2.45, 2.75) is 0 Å². The summed E-state index contributed by atoms with van der Waals surface area (Å²) in [5, 5.41) is 1.43. The third kappa shape index (κ3) is 2.12. The standard InChI is InChI=1S/C16H11ClN2O/c17-11-6-7-12(14(18)9-11)16(20)13-5-1-3-10-4-2-8-19-15(10)13/h1-9H,18H2. The fourth-order valence-corrected chi connectivity index (χ4v) is 2.35. The monoisotopic (exact) mass is 282 g/mol. The van der Waals surface area contributed by atoms with Gasteiger partial charge in [-0.05, 0) is 30.3 Å². The first-order chi connectivity index (χ1) is 9.66. The van der Waals surface area contributed by atoms with Crippen LogP contribution in [0.15, 0.2) is 54.7 Å². The van der Waals surface area contributed by atoms with Crippen molar-refractivity contribution in [1.29, 1.82) is 0 Å². The van der Waals surface area contributed by atoms with Crippen molar-refractivity contribution in [1.82, 2.24) is 4.98 Å². The van der Waals surface area contributed by atoms with E-state index in [9.17, 15) is 4.79 Å². The van der Waals surface area contributed by atoms with Crippen LogP contribution in [0.2, 0.25) is 5.02 Å². The lowest BCUT2D eigenvalue weighted by molar-refractivity contribution is 0.104. The van der Waals surface area contributed by atoms with E-state index in [1.54, 1.807) is 30.5 Å². The van der Waals surface area contributed by atoms with Gasteiger partial charge in [0.2, 0.25) is 0 Å². The van der Waals surface area contributed by atoms with E-state index < -0.39 is 0 Å². The molecule has 0 fully saturated rings. The molecule has 0 bridgehead atoms. The normalized spacial score (nSPS) is 10.7. The Morgan fingerprint density at radius 1 is 1.05 bits per heavy atom. The number of benzene rings is 2. The molecule has 0 atom stereocenters. The van der Waals surface area contributed by atoms with Crippen molar-refractivity contribution in [3.8, 4) is 0 Å². The lowest BCUT2D eigenvalue weighted by atomic mass is 9.99. The number of hydrogen-bond acceptors (Lipinski definition) is 3. The zero-order valence-electron chi connectivity index (χ0n) is 10.5. The van der Waals surface area contributed by atoms with Crippen LogP contribution >= 0.6 is 11.6 Å². The number of ketones is 1. The Labute approximate surface area is 121 Å². The predicted octanol–water partition coefficient (Wildman–Crippen LogP) is 3.70. The summed E-state index contributed by atoms with van der Waals surface area (Å²) in [5.74, 6) is -0.150. The van der Waals surface area contributed by atoms with Crippen molar-refractivity contribution in [3.63, 3.8) is 0 Å². The van der Waals surface area contributed by atoms with Gasteiger partial charge in [0, 0.05) is 33.4 Å². The number of halogens is 1. The number of carbonyl (C=O) groups is 1. The minimum absolute atomic E-state index is 0.150. The van der Waals surface area contributed by atoms with E-state index in [0.29, 0.717) is 27.4 Å². The number of nitrogens with zero attached hydrogens (tertiary/aromatic N) is 1. The molecule has 20 heavy (non-hydrogen) atoms. The second-order valence-corrected chi connectivity index (χ2v) is 4.88. The second-order valence-electron chi connectivity index (χ2n) is 4.44. The van der Waals surface area contributed by atoms with Gasteiger partial charge in [-0.2, -0.15) is 0 Å². The highest BCUT2D eigenvalue weighted by atomic mass is 35.5. The van der Waals surface area contributed by atoms with Gasteiger partial charge >= 0.3 is 0 Å². The molecule has 0 amide bonds. The molecule has 0 aliphatic rings. The highest BCUT2D eigenvalue weighted by molar-refractivity contribution is 6.31. The van der Waals surface area contributed by atoms with Gasteiger partial charge in [-0.15, -0.1) is 0 Å². The highest BCUT2D eigenvalue weighted by Crippen LogP contribution is 2.24. The lowest BCUT2D eigenvalue weighted by Crippen LogP contribution is -2.06. The molecular weight excluding hydrogens is 272 g/mol. The first-order valence-electron chi connectivity index (χ1n) is 6.10. The van der Waals surface area contributed by atoms with Gasteiger partial charge < -0.3 is 5.73 Å². The maximum absolute atomic E-state index is 12.6. The number of pyridine rings is 1. The van der Waals surface area contributed by atoms with E-state index in [4.69, 9.17) is 17.3 Å². The van der Waals surface area contributed by atoms with E-state index in [1.807, 2.05) is 24.3 Å². The molecule has 0 unspecified atom stereocenters. The molecule has 3 nitrogen and oxygen atoms in total. The molecule has 1 heterocycles. The molecule has 3 rings (SSSR count). The third-order valence-electron chi connectivity index (χ3n) is 3.14. The molecule has 4 heteroatoms. The minimum atomic E-state index is -0.150. The molecule has 0 aliphatic carbocycles. The topological polar surface area (TPSA) is 56.0 Å². The number of aromatic nitrogens is 1. The van der Waals surface area contributed by atoms with Crippen LogP contribution in [-0.4, -0.2) is 10.8 Å². The van der Waals surface area contributed by atoms with Gasteiger partial charge in [0.15, 0.2) is 5.78 Å². The Bertz CT molecular complexity index is 809. The molecule has 0 radical (unpaired) electrons. The number of para-hydroxylation sites is 1. The summed E-state index contributed by atoms with van der Waals surface area (Å²) < 4.78 is 0. The number of hydrogen-bond donors (Lipinski definition) is 1. The van der Waals surface area contributed by atoms with Crippen LogP contribution in [0.5, 0.6) is 0 Å². The van der Waals surface area contributed by atoms with Gasteiger partial charge in [-0.3, -0.25) is 9.78 Å². The Morgan fingerprint density at radius 3 is 2.65 bits per heavy atom. The molecule has 0 saturated heterocycles. The summed E-state index contributed by atoms with van der Waals surface area (Å²) in [6.07, 6.45) is 1.67. The van der Waals surface area contributed by atoms with E-state index in [1.165, 1.54) is 0 Å². The maximum Gasteiger partial charge on any atom is 0.197 e. The SMILES string of the molecule is Nc1cc(Cl)ccc1C(=O)c1cccc2cccnc12. The van der Waals surface area contributed by atoms with Crippen LogP contribution in [0.4, 0.5) is 5.69 Å². The Morgan fingerprint density at radius 2 is 1.85 bits per heavy atom. The Hall–Kier alpha value is -2.39. The quantitative estimate of drug-likeness (QED) is 0.576. The van der Waals surface area contributed by atoms with Crippen LogP contribution in [-0.2, 0) is 0 Å². The van der Waals surface area contributed by atoms with Gasteiger partial charge in [0.25, 0.3) is 0 Å². The van der Waals surface area contributed by atoms with Crippen molar-refractivity contribution < 1.29 is 4.79 Å². The minimum Gasteiger partial charge on any atom is -0.398 e. The summed E-state index contributed by atoms with van der Waals surface area (Å²) in [6, 6.07) is 14.1. The number of rotatable bonds is 2. The molecule has 98 valence electrons. The lowest BCUT2D eigenvalue weighted by Gasteiger charge is -2.07. The van der Waals surface area contributed by atoms with E-state index >= 15 is 0 Å². The zero-order valence-corrected chi connectivity index (χ0v) is 11.3. The zero-order chi connectivity index (χ0) is 14.1. The number of fused-ring (bicyclic) bond motifs is 1. The average molecular weight is 283 g/mol. The number of nitrogens with two attached hydrogens (primary N) is 1. The summed E-state index contributed by atoms with van der Waals surface area (Å²) in [4.78, 5) is 16.9. The van der Waals surface area contributed by atoms with Crippen LogP contribution in [0.3, 0.4) is 0 Å². The number of carbonyl (C=O) groups excluding carboxylic acids is 1. The molecular formula is C16H11ClN2O. The molecule has 1 aromatic heterocycles. The Balaban J connectivity index is 2.18. The average Bonchev–Trinajstić information content (AvgIpc) is 2.46. The van der Waals surface area contributed by atoms with Gasteiger partial charge in [-0.25, -0.2) is 0 Å². The fraction of sp³-hybridized carbons (Fsp3) is 0. The van der Waals surface area contributed by atoms with Gasteiger partial charge in [0.1, 0.15) is 0 Å². The maximum atomic E-state index is 12.6. The van der Waals surface area contributed by atoms with E-state index in [-0.39, 0.29) is 5.78 Å². The fourth-order valence-electron chi connectivity index (χ4n) is 2.17. The molecule has 0 aliphatic heterocycles. The molecule has 0 spiro atoms. The molecule has 2 aromatic carbocycles. The van der Waals surface area contributed by atoms with Crippen LogP contribution < -0.4 is 5.73 Å². The first kappa shape index (κ1) is 12.6. The summed E-state index contributed by atoms with van der Waals surface area (Å²) in [6.45, 7) is 0. The summed E-state index contributed by atoms with van der Waals surface area (Å²) >= 11 is 5.86. The van der Waals surface area contributed by atoms with Crippen molar-refractivity contribution >= 4 is 34.0 Å². The smallest absolute Gasteiger partial charge is 0.197 e. The van der Waals surface area contributed by atoms with Crippen LogP contribution in [0.1, 0.15) is 15.9 Å². The summed E-state index contributed by atoms with van der Waals surface area (Å²) in [5.41, 5.74) is 7.90. The predicted molar refractivity (Wildman–Crippen MR) is 81.0 cm³/mol. The van der Waals surface area contributed by atoms with Crippen molar-refractivity contribution in [3.05, 3.63) is 70.9 Å². The molecule has 2 N–H and O–H groups in total. The van der Waals surface area contributed by atoms with Gasteiger partial charge in [0.05, 0.1) is 5.52 Å². The van der Waals surface area contributed by atoms with Crippen LogP contribution in [0.25, 0.3) is 10.9 Å². The van der Waals surface area contributed by atoms with Crippen LogP contribution in [0, 0.1) is 0 Å². The van der Waals surface area contributed by atoms with Crippen molar-refractivity contribution in [2.75, 3.05) is 5.73 Å². The third-order valence-corrected chi connectivity index (χ3v) is 3.37. The first-order valence-corrected chi connectivity index (χ1v) is 6.48.